The molecule has 2 heterocycles. The highest BCUT2D eigenvalue weighted by Gasteiger charge is 2.30. The lowest BCUT2D eigenvalue weighted by molar-refractivity contribution is -0.128. The van der Waals surface area contributed by atoms with Crippen molar-refractivity contribution in [3.05, 3.63) is 29.6 Å². The summed E-state index contributed by atoms with van der Waals surface area (Å²) in [5.41, 5.74) is 1.14. The number of nitrogens with zero attached hydrogens (tertiary/aromatic N) is 2. The van der Waals surface area contributed by atoms with Crippen LogP contribution in [0.25, 0.3) is 0 Å². The number of rotatable bonds is 2. The lowest BCUT2D eigenvalue weighted by atomic mass is 10.2. The third-order valence-corrected chi connectivity index (χ3v) is 2.85. The Balaban J connectivity index is 2.05. The minimum absolute atomic E-state index is 0.0361. The number of aryl methyl sites for hydroxylation is 1. The molecule has 1 aliphatic heterocycles. The number of carbonyl (C=O) groups is 2. The molecule has 1 unspecified atom stereocenters. The van der Waals surface area contributed by atoms with Crippen molar-refractivity contribution in [3.8, 4) is 0 Å². The molecule has 90 valence electrons. The number of hydrogen-bond acceptors (Lipinski definition) is 3. The average molecular weight is 233 g/mol. The third-order valence-electron chi connectivity index (χ3n) is 2.85. The molecule has 0 bridgehead atoms. The molecular formula is C12H15N3O2. The Labute approximate surface area is 99.8 Å². The first-order valence-electron chi connectivity index (χ1n) is 5.57. The summed E-state index contributed by atoms with van der Waals surface area (Å²) in [6.07, 6.45) is 0.660. The maximum absolute atomic E-state index is 11.9. The number of pyridine rings is 1. The highest BCUT2D eigenvalue weighted by atomic mass is 16.2. The zero-order chi connectivity index (χ0) is 12.4. The fourth-order valence-electron chi connectivity index (χ4n) is 1.86. The molecule has 0 spiro atoms. The Morgan fingerprint density at radius 2 is 2.29 bits per heavy atom. The van der Waals surface area contributed by atoms with Gasteiger partial charge in [0.25, 0.3) is 5.91 Å². The Hall–Kier alpha value is -1.91. The van der Waals surface area contributed by atoms with Crippen LogP contribution >= 0.6 is 0 Å². The summed E-state index contributed by atoms with van der Waals surface area (Å²) >= 11 is 0. The van der Waals surface area contributed by atoms with Crippen molar-refractivity contribution in [3.63, 3.8) is 0 Å². The molecule has 1 aliphatic rings. The molecule has 1 saturated heterocycles. The number of likely N-dealkylation sites (N-methyl/N-ethyl adjacent to an activating group) is 1. The first kappa shape index (κ1) is 11.6. The number of aromatic nitrogens is 1. The molecular weight excluding hydrogens is 218 g/mol. The second-order valence-electron chi connectivity index (χ2n) is 4.24. The van der Waals surface area contributed by atoms with Gasteiger partial charge in [-0.2, -0.15) is 0 Å². The zero-order valence-electron chi connectivity index (χ0n) is 9.93. The molecule has 2 amide bonds. The van der Waals surface area contributed by atoms with Crippen LogP contribution in [0.2, 0.25) is 0 Å². The third kappa shape index (κ3) is 2.43. The molecule has 0 aliphatic carbocycles. The summed E-state index contributed by atoms with van der Waals surface area (Å²) in [7, 11) is 1.74. The fourth-order valence-corrected chi connectivity index (χ4v) is 1.86. The van der Waals surface area contributed by atoms with Crippen LogP contribution in [0.1, 0.15) is 22.6 Å². The van der Waals surface area contributed by atoms with Gasteiger partial charge in [-0.25, -0.2) is 4.98 Å². The van der Waals surface area contributed by atoms with Gasteiger partial charge in [0, 0.05) is 19.3 Å². The van der Waals surface area contributed by atoms with Crippen LogP contribution in [0.5, 0.6) is 0 Å². The first-order chi connectivity index (χ1) is 8.08. The normalized spacial score (nSPS) is 19.5. The Morgan fingerprint density at radius 3 is 2.88 bits per heavy atom. The molecule has 1 aromatic rings. The summed E-state index contributed by atoms with van der Waals surface area (Å²) in [5, 5.41) is 2.71. The van der Waals surface area contributed by atoms with E-state index in [2.05, 4.69) is 10.3 Å². The molecule has 2 rings (SSSR count). The molecule has 5 nitrogen and oxygen atoms in total. The number of likely N-dealkylation sites (tertiary alicyclic amines) is 1. The predicted molar refractivity (Wildman–Crippen MR) is 62.5 cm³/mol. The quantitative estimate of drug-likeness (QED) is 0.801. The molecule has 1 fully saturated rings. The molecule has 0 aromatic carbocycles. The molecule has 17 heavy (non-hydrogen) atoms. The second-order valence-corrected chi connectivity index (χ2v) is 4.24. The van der Waals surface area contributed by atoms with Crippen LogP contribution in [-0.2, 0) is 4.79 Å². The van der Waals surface area contributed by atoms with Gasteiger partial charge in [-0.1, -0.05) is 6.07 Å². The van der Waals surface area contributed by atoms with E-state index in [4.69, 9.17) is 0 Å². The van der Waals surface area contributed by atoms with E-state index in [1.165, 1.54) is 0 Å². The summed E-state index contributed by atoms with van der Waals surface area (Å²) < 4.78 is 0. The molecule has 0 radical (unpaired) electrons. The van der Waals surface area contributed by atoms with E-state index in [0.29, 0.717) is 18.7 Å². The monoisotopic (exact) mass is 233 g/mol. The van der Waals surface area contributed by atoms with Gasteiger partial charge >= 0.3 is 0 Å². The lowest BCUT2D eigenvalue weighted by Crippen LogP contribution is -2.40. The number of hydrogen-bond donors (Lipinski definition) is 1. The van der Waals surface area contributed by atoms with Crippen molar-refractivity contribution in [1.29, 1.82) is 0 Å². The molecule has 5 heteroatoms. The molecule has 0 saturated carbocycles. The van der Waals surface area contributed by atoms with Crippen molar-refractivity contribution in [2.24, 2.45) is 0 Å². The van der Waals surface area contributed by atoms with Crippen LogP contribution in [0.4, 0.5) is 0 Å². The van der Waals surface area contributed by atoms with Crippen LogP contribution in [0.15, 0.2) is 18.2 Å². The summed E-state index contributed by atoms with van der Waals surface area (Å²) in [5.74, 6) is -0.326. The van der Waals surface area contributed by atoms with Gasteiger partial charge in [0.2, 0.25) is 5.91 Å². The van der Waals surface area contributed by atoms with Gasteiger partial charge in [0.15, 0.2) is 0 Å². The smallest absolute Gasteiger partial charge is 0.270 e. The maximum Gasteiger partial charge on any atom is 0.270 e. The summed E-state index contributed by atoms with van der Waals surface area (Å²) in [6.45, 7) is 2.51. The maximum atomic E-state index is 11.9. The van der Waals surface area contributed by atoms with Crippen molar-refractivity contribution < 1.29 is 9.59 Å². The Bertz CT molecular complexity index is 459. The standard InChI is InChI=1S/C12H15N3O2/c1-8-4-3-5-9(13-8)11(16)14-10-6-7-15(2)12(10)17/h3-5,10H,6-7H2,1-2H3,(H,14,16). The van der Waals surface area contributed by atoms with Crippen LogP contribution in [0, 0.1) is 6.92 Å². The van der Waals surface area contributed by atoms with E-state index in [0.717, 1.165) is 5.69 Å². The van der Waals surface area contributed by atoms with Gasteiger partial charge < -0.3 is 10.2 Å². The number of nitrogens with one attached hydrogen (secondary N) is 1. The van der Waals surface area contributed by atoms with E-state index in [-0.39, 0.29) is 11.8 Å². The lowest BCUT2D eigenvalue weighted by Gasteiger charge is -2.11. The number of amides is 2. The van der Waals surface area contributed by atoms with Crippen molar-refractivity contribution >= 4 is 11.8 Å². The van der Waals surface area contributed by atoms with E-state index >= 15 is 0 Å². The molecule has 1 aromatic heterocycles. The van der Waals surface area contributed by atoms with Crippen molar-refractivity contribution in [2.45, 2.75) is 19.4 Å². The van der Waals surface area contributed by atoms with Gasteiger partial charge in [-0.3, -0.25) is 9.59 Å². The SMILES string of the molecule is Cc1cccc(C(=O)NC2CCN(C)C2=O)n1. The average Bonchev–Trinajstić information content (AvgIpc) is 2.61. The van der Waals surface area contributed by atoms with Gasteiger partial charge in [-0.15, -0.1) is 0 Å². The predicted octanol–water partition coefficient (Wildman–Crippen LogP) is 0.351. The van der Waals surface area contributed by atoms with Gasteiger partial charge in [0.1, 0.15) is 11.7 Å². The Kier molecular flexibility index (Phi) is 3.08. The van der Waals surface area contributed by atoms with Gasteiger partial charge in [-0.05, 0) is 25.5 Å². The van der Waals surface area contributed by atoms with E-state index in [1.807, 2.05) is 13.0 Å². The summed E-state index contributed by atoms with van der Waals surface area (Å²) in [6, 6.07) is 4.84. The highest BCUT2D eigenvalue weighted by Crippen LogP contribution is 2.09. The van der Waals surface area contributed by atoms with Crippen molar-refractivity contribution in [1.82, 2.24) is 15.2 Å². The van der Waals surface area contributed by atoms with E-state index in [1.54, 1.807) is 24.1 Å². The second kappa shape index (κ2) is 4.53. The first-order valence-corrected chi connectivity index (χ1v) is 5.57. The molecule has 1 atom stereocenters. The zero-order valence-corrected chi connectivity index (χ0v) is 9.93. The summed E-state index contributed by atoms with van der Waals surface area (Å²) in [4.78, 5) is 29.2. The van der Waals surface area contributed by atoms with E-state index in [9.17, 15) is 9.59 Å². The Morgan fingerprint density at radius 1 is 1.53 bits per heavy atom. The topological polar surface area (TPSA) is 62.3 Å². The van der Waals surface area contributed by atoms with Crippen molar-refractivity contribution in [2.75, 3.05) is 13.6 Å². The van der Waals surface area contributed by atoms with Crippen LogP contribution < -0.4 is 5.32 Å². The molecule has 1 N–H and O–H groups in total. The minimum Gasteiger partial charge on any atom is -0.344 e. The van der Waals surface area contributed by atoms with Crippen LogP contribution in [-0.4, -0.2) is 41.3 Å². The number of carbonyl (C=O) groups excluding carboxylic acids is 2. The minimum atomic E-state index is -0.408. The van der Waals surface area contributed by atoms with E-state index < -0.39 is 6.04 Å². The fraction of sp³-hybridized carbons (Fsp3) is 0.417. The largest absolute Gasteiger partial charge is 0.344 e. The van der Waals surface area contributed by atoms with Gasteiger partial charge in [0.05, 0.1) is 0 Å². The highest BCUT2D eigenvalue weighted by molar-refractivity contribution is 5.96. The van der Waals surface area contributed by atoms with Crippen LogP contribution in [0.3, 0.4) is 0 Å².